The van der Waals surface area contributed by atoms with E-state index >= 15 is 0 Å². The van der Waals surface area contributed by atoms with E-state index in [4.69, 9.17) is 14.4 Å². The van der Waals surface area contributed by atoms with Crippen LogP contribution in [0.4, 0.5) is 0 Å². The predicted molar refractivity (Wildman–Crippen MR) is 101 cm³/mol. The number of aliphatic carboxylic acids is 1. The summed E-state index contributed by atoms with van der Waals surface area (Å²) in [6.45, 7) is 5.38. The molecule has 1 unspecified atom stereocenters. The number of carbonyl (C=O) groups excluding carboxylic acids is 1. The van der Waals surface area contributed by atoms with Crippen LogP contribution in [0.25, 0.3) is 11.4 Å². The number of carbonyl (C=O) groups is 2. The summed E-state index contributed by atoms with van der Waals surface area (Å²) in [5.74, 6) is 0.368. The SMILES string of the molecule is CC(C)c1ccc(-c2noc(CCC(=O)N3CCOC(CC(=O)O)C3)n2)cc1. The average molecular weight is 387 g/mol. The molecule has 150 valence electrons. The van der Waals surface area contributed by atoms with Crippen LogP contribution in [0.5, 0.6) is 0 Å². The molecule has 1 saturated heterocycles. The third kappa shape index (κ3) is 5.16. The molecule has 1 N–H and O–H groups in total. The van der Waals surface area contributed by atoms with Crippen LogP contribution in [0, 0.1) is 0 Å². The number of ether oxygens (including phenoxy) is 1. The fraction of sp³-hybridized carbons (Fsp3) is 0.500. The van der Waals surface area contributed by atoms with Gasteiger partial charge in [0, 0.05) is 31.5 Å². The number of amides is 1. The zero-order chi connectivity index (χ0) is 20.1. The molecule has 1 aliphatic heterocycles. The Kier molecular flexibility index (Phi) is 6.41. The number of hydrogen-bond donors (Lipinski definition) is 1. The first-order valence-corrected chi connectivity index (χ1v) is 9.46. The molecule has 2 heterocycles. The average Bonchev–Trinajstić information content (AvgIpc) is 3.15. The smallest absolute Gasteiger partial charge is 0.306 e. The molecule has 0 bridgehead atoms. The first-order chi connectivity index (χ1) is 13.4. The maximum absolute atomic E-state index is 12.4. The van der Waals surface area contributed by atoms with E-state index in [-0.39, 0.29) is 18.7 Å². The van der Waals surface area contributed by atoms with Crippen LogP contribution in [-0.4, -0.2) is 57.8 Å². The molecule has 1 fully saturated rings. The first-order valence-electron chi connectivity index (χ1n) is 9.46. The van der Waals surface area contributed by atoms with Gasteiger partial charge in [-0.2, -0.15) is 4.98 Å². The van der Waals surface area contributed by atoms with E-state index in [1.807, 2.05) is 24.3 Å². The molecule has 28 heavy (non-hydrogen) atoms. The topological polar surface area (TPSA) is 106 Å². The summed E-state index contributed by atoms with van der Waals surface area (Å²) in [6, 6.07) is 8.02. The van der Waals surface area contributed by atoms with Crippen molar-refractivity contribution in [3.05, 3.63) is 35.7 Å². The zero-order valence-electron chi connectivity index (χ0n) is 16.1. The molecule has 1 aromatic carbocycles. The molecule has 2 aromatic rings. The lowest BCUT2D eigenvalue weighted by atomic mass is 10.0. The standard InChI is InChI=1S/C20H25N3O5/c1-13(2)14-3-5-15(6-4-14)20-21-17(28-22-20)7-8-18(24)23-9-10-27-16(12-23)11-19(25)26/h3-6,13,16H,7-12H2,1-2H3,(H,25,26). The number of aryl methyl sites for hydroxylation is 1. The van der Waals surface area contributed by atoms with Crippen LogP contribution in [0.1, 0.15) is 44.1 Å². The number of carboxylic acids is 1. The first kappa shape index (κ1) is 20.0. The molecule has 1 aromatic heterocycles. The monoisotopic (exact) mass is 387 g/mol. The minimum absolute atomic E-state index is 0.0697. The minimum atomic E-state index is -0.931. The van der Waals surface area contributed by atoms with Crippen LogP contribution in [0.3, 0.4) is 0 Å². The summed E-state index contributed by atoms with van der Waals surface area (Å²) in [4.78, 5) is 29.2. The highest BCUT2D eigenvalue weighted by molar-refractivity contribution is 5.76. The Morgan fingerprint density at radius 1 is 1.29 bits per heavy atom. The molecule has 0 saturated carbocycles. The van der Waals surface area contributed by atoms with Crippen LogP contribution in [-0.2, 0) is 20.7 Å². The van der Waals surface area contributed by atoms with Crippen molar-refractivity contribution in [3.8, 4) is 11.4 Å². The highest BCUT2D eigenvalue weighted by Gasteiger charge is 2.26. The van der Waals surface area contributed by atoms with Gasteiger partial charge in [0.25, 0.3) is 0 Å². The van der Waals surface area contributed by atoms with Crippen LogP contribution >= 0.6 is 0 Å². The molecule has 0 radical (unpaired) electrons. The fourth-order valence-electron chi connectivity index (χ4n) is 3.13. The quantitative estimate of drug-likeness (QED) is 0.778. The van der Waals surface area contributed by atoms with Gasteiger partial charge in [-0.15, -0.1) is 0 Å². The number of aromatic nitrogens is 2. The molecule has 3 rings (SSSR count). The molecule has 0 aliphatic carbocycles. The lowest BCUT2D eigenvalue weighted by Crippen LogP contribution is -2.46. The maximum atomic E-state index is 12.4. The normalized spacial score (nSPS) is 17.1. The Bertz CT molecular complexity index is 816. The third-order valence-corrected chi connectivity index (χ3v) is 4.75. The summed E-state index contributed by atoms with van der Waals surface area (Å²) < 4.78 is 10.7. The summed E-state index contributed by atoms with van der Waals surface area (Å²) in [7, 11) is 0. The van der Waals surface area contributed by atoms with E-state index in [1.165, 1.54) is 5.56 Å². The van der Waals surface area contributed by atoms with Crippen LogP contribution in [0.15, 0.2) is 28.8 Å². The highest BCUT2D eigenvalue weighted by Crippen LogP contribution is 2.21. The van der Waals surface area contributed by atoms with Gasteiger partial charge in [0.05, 0.1) is 19.1 Å². The van der Waals surface area contributed by atoms with Gasteiger partial charge in [-0.05, 0) is 11.5 Å². The van der Waals surface area contributed by atoms with Gasteiger partial charge in [-0.25, -0.2) is 0 Å². The Morgan fingerprint density at radius 3 is 2.71 bits per heavy atom. The van der Waals surface area contributed by atoms with Crippen molar-refractivity contribution in [2.75, 3.05) is 19.7 Å². The van der Waals surface area contributed by atoms with Crippen molar-refractivity contribution < 1.29 is 24.0 Å². The van der Waals surface area contributed by atoms with Gasteiger partial charge in [0.2, 0.25) is 17.6 Å². The second-order valence-electron chi connectivity index (χ2n) is 7.22. The van der Waals surface area contributed by atoms with Gasteiger partial charge in [0.1, 0.15) is 0 Å². The van der Waals surface area contributed by atoms with E-state index in [1.54, 1.807) is 4.90 Å². The van der Waals surface area contributed by atoms with Gasteiger partial charge in [-0.1, -0.05) is 43.3 Å². The van der Waals surface area contributed by atoms with E-state index in [2.05, 4.69) is 24.0 Å². The molecule has 0 spiro atoms. The lowest BCUT2D eigenvalue weighted by molar-refractivity contribution is -0.147. The molecule has 8 nitrogen and oxygen atoms in total. The lowest BCUT2D eigenvalue weighted by Gasteiger charge is -2.32. The number of nitrogens with zero attached hydrogens (tertiary/aromatic N) is 3. The van der Waals surface area contributed by atoms with Gasteiger partial charge in [0.15, 0.2) is 0 Å². The largest absolute Gasteiger partial charge is 0.481 e. The Labute approximate surface area is 163 Å². The summed E-state index contributed by atoms with van der Waals surface area (Å²) in [5.41, 5.74) is 2.11. The van der Waals surface area contributed by atoms with E-state index in [0.717, 1.165) is 5.56 Å². The van der Waals surface area contributed by atoms with Crippen molar-refractivity contribution in [1.82, 2.24) is 15.0 Å². The molecule has 1 amide bonds. The number of carboxylic acid groups (broad SMARTS) is 1. The Balaban J connectivity index is 1.53. The number of morpholine rings is 1. The minimum Gasteiger partial charge on any atom is -0.481 e. The van der Waals surface area contributed by atoms with Crippen molar-refractivity contribution in [1.29, 1.82) is 0 Å². The molecular formula is C20H25N3O5. The number of hydrogen-bond acceptors (Lipinski definition) is 6. The van der Waals surface area contributed by atoms with Crippen molar-refractivity contribution >= 4 is 11.9 Å². The Hall–Kier alpha value is -2.74. The number of benzene rings is 1. The van der Waals surface area contributed by atoms with E-state index in [0.29, 0.717) is 43.8 Å². The predicted octanol–water partition coefficient (Wildman–Crippen LogP) is 2.49. The summed E-state index contributed by atoms with van der Waals surface area (Å²) in [5, 5.41) is 12.9. The van der Waals surface area contributed by atoms with Crippen LogP contribution in [0.2, 0.25) is 0 Å². The van der Waals surface area contributed by atoms with Gasteiger partial charge in [-0.3, -0.25) is 9.59 Å². The molecule has 1 atom stereocenters. The third-order valence-electron chi connectivity index (χ3n) is 4.75. The Morgan fingerprint density at radius 2 is 2.04 bits per heavy atom. The summed E-state index contributed by atoms with van der Waals surface area (Å²) >= 11 is 0. The van der Waals surface area contributed by atoms with Crippen molar-refractivity contribution in [2.45, 2.75) is 45.1 Å². The van der Waals surface area contributed by atoms with Gasteiger partial charge >= 0.3 is 5.97 Å². The molecule has 8 heteroatoms. The highest BCUT2D eigenvalue weighted by atomic mass is 16.5. The van der Waals surface area contributed by atoms with E-state index in [9.17, 15) is 9.59 Å². The second kappa shape index (κ2) is 8.97. The fourth-order valence-corrected chi connectivity index (χ4v) is 3.13. The van der Waals surface area contributed by atoms with E-state index < -0.39 is 12.1 Å². The molecule has 1 aliphatic rings. The molecular weight excluding hydrogens is 362 g/mol. The van der Waals surface area contributed by atoms with Crippen molar-refractivity contribution in [2.24, 2.45) is 0 Å². The van der Waals surface area contributed by atoms with Crippen molar-refractivity contribution in [3.63, 3.8) is 0 Å². The summed E-state index contributed by atoms with van der Waals surface area (Å²) in [6.07, 6.45) is 0.00998. The van der Waals surface area contributed by atoms with Gasteiger partial charge < -0.3 is 19.3 Å². The van der Waals surface area contributed by atoms with Crippen LogP contribution < -0.4 is 0 Å². The maximum Gasteiger partial charge on any atom is 0.306 e. The zero-order valence-corrected chi connectivity index (χ0v) is 16.1. The second-order valence-corrected chi connectivity index (χ2v) is 7.22. The number of rotatable bonds is 7.